The summed E-state index contributed by atoms with van der Waals surface area (Å²) in [7, 11) is 0. The molecule has 3 aromatic heterocycles. The van der Waals surface area contributed by atoms with E-state index in [-0.39, 0.29) is 1.43 Å². The average molecular weight is 499 g/mol. The molecule has 4 heterocycles. The minimum atomic E-state index is 0. The molecule has 36 heavy (non-hydrogen) atoms. The van der Waals surface area contributed by atoms with Gasteiger partial charge in [-0.3, -0.25) is 15.4 Å². The van der Waals surface area contributed by atoms with Gasteiger partial charge in [-0.2, -0.15) is 10.4 Å². The van der Waals surface area contributed by atoms with Gasteiger partial charge in [0.15, 0.2) is 6.73 Å². The fraction of sp³-hybridized carbons (Fsp3) is 0.444. The monoisotopic (exact) mass is 498 g/mol. The number of H-pyrrole nitrogens is 2. The van der Waals surface area contributed by atoms with Gasteiger partial charge < -0.3 is 4.98 Å². The van der Waals surface area contributed by atoms with Crippen molar-refractivity contribution in [3.63, 3.8) is 0 Å². The zero-order valence-corrected chi connectivity index (χ0v) is 22.8. The summed E-state index contributed by atoms with van der Waals surface area (Å²) in [5.74, 6) is 1.97. The van der Waals surface area contributed by atoms with Crippen LogP contribution < -0.4 is 5.48 Å². The predicted molar refractivity (Wildman–Crippen MR) is 153 cm³/mol. The van der Waals surface area contributed by atoms with Crippen molar-refractivity contribution in [1.29, 1.82) is 5.26 Å². The molecule has 9 heteroatoms. The van der Waals surface area contributed by atoms with E-state index in [1.807, 2.05) is 53.1 Å². The van der Waals surface area contributed by atoms with Gasteiger partial charge in [0.05, 0.1) is 18.0 Å². The van der Waals surface area contributed by atoms with Gasteiger partial charge in [-0.1, -0.05) is 66.9 Å². The highest BCUT2D eigenvalue weighted by Crippen LogP contribution is 2.28. The maximum atomic E-state index is 7.51. The Morgan fingerprint density at radius 1 is 1.22 bits per heavy atom. The highest BCUT2D eigenvalue weighted by Gasteiger charge is 2.13. The van der Waals surface area contributed by atoms with Crippen LogP contribution >= 0.6 is 0 Å². The number of hydroxylamine groups is 1. The van der Waals surface area contributed by atoms with E-state index in [0.29, 0.717) is 6.73 Å². The van der Waals surface area contributed by atoms with Crippen molar-refractivity contribution in [2.24, 2.45) is 10.9 Å². The largest absolute Gasteiger partial charge is 0.346 e. The molecule has 1 saturated carbocycles. The molecular weight excluding hydrogens is 452 g/mol. The lowest BCUT2D eigenvalue weighted by atomic mass is 9.84. The number of fused-ring (bicyclic) bond motifs is 1. The number of hydrogen-bond acceptors (Lipinski definition) is 7. The number of nitrogens with zero attached hydrogens (tertiary/aromatic N) is 5. The van der Waals surface area contributed by atoms with E-state index in [0.717, 1.165) is 34.0 Å². The Morgan fingerprint density at radius 3 is 2.25 bits per heavy atom. The fourth-order valence-electron chi connectivity index (χ4n) is 2.68. The van der Waals surface area contributed by atoms with E-state index >= 15 is 0 Å². The lowest BCUT2D eigenvalue weighted by Gasteiger charge is -2.22. The summed E-state index contributed by atoms with van der Waals surface area (Å²) in [6, 6.07) is 3.65. The third-order valence-corrected chi connectivity index (χ3v) is 4.61. The van der Waals surface area contributed by atoms with E-state index < -0.39 is 0 Å². The topological polar surface area (TPSA) is 128 Å². The van der Waals surface area contributed by atoms with Gasteiger partial charge in [0.2, 0.25) is 0 Å². The van der Waals surface area contributed by atoms with Gasteiger partial charge in [0, 0.05) is 30.8 Å². The van der Waals surface area contributed by atoms with Crippen LogP contribution in [0.1, 0.15) is 68.7 Å². The zero-order chi connectivity index (χ0) is 27.6. The lowest BCUT2D eigenvalue weighted by Crippen LogP contribution is -2.11. The van der Waals surface area contributed by atoms with Crippen LogP contribution in [0.5, 0.6) is 0 Å². The Morgan fingerprint density at radius 2 is 1.89 bits per heavy atom. The quantitative estimate of drug-likeness (QED) is 0.252. The standard InChI is InChI=1S/C9H7N5.C6H12.C3H6N2O.C3H3N.2C2H6.C2H4.H2/c1-2-10-9-7(1)8(11-5-12-9)6-3-13-14-4-6;1-2-6-4-3-5-6;1-3-4-2-6-5-3;1-2-3-4;3*1-2;/h1-5H,(H,13,14)(H,10,11,12);6H,2-5H2,1H3;2H2,1H3,(H,4,5);2H,1H2;2*1-2H3;1-2H2;1H. The van der Waals surface area contributed by atoms with Gasteiger partial charge in [-0.05, 0) is 18.9 Å². The Hall–Kier alpha value is -3.77. The number of aliphatic imine (C=N–C) groups is 1. The third-order valence-electron chi connectivity index (χ3n) is 4.61. The van der Waals surface area contributed by atoms with Gasteiger partial charge in [-0.25, -0.2) is 15.0 Å². The Balaban J connectivity index is -0.000000428. The molecule has 3 aromatic rings. The molecule has 5 rings (SSSR count). The molecule has 0 unspecified atom stereocenters. The van der Waals surface area contributed by atoms with Crippen LogP contribution in [0, 0.1) is 17.2 Å². The molecule has 1 fully saturated rings. The molecule has 0 atom stereocenters. The van der Waals surface area contributed by atoms with Crippen molar-refractivity contribution in [3.8, 4) is 17.3 Å². The van der Waals surface area contributed by atoms with Crippen molar-refractivity contribution >= 4 is 16.9 Å². The highest BCUT2D eigenvalue weighted by atomic mass is 16.7. The number of hydrogen-bond donors (Lipinski definition) is 3. The first kappa shape index (κ1) is 34.4. The Kier molecular flexibility index (Phi) is 23.3. The predicted octanol–water partition coefficient (Wildman–Crippen LogP) is 7.24. The van der Waals surface area contributed by atoms with Crippen molar-refractivity contribution in [1.82, 2.24) is 30.6 Å². The number of nitrogens with one attached hydrogen (secondary N) is 3. The van der Waals surface area contributed by atoms with Gasteiger partial charge >= 0.3 is 0 Å². The number of nitriles is 1. The van der Waals surface area contributed by atoms with Crippen LogP contribution in [0.2, 0.25) is 0 Å². The van der Waals surface area contributed by atoms with Crippen molar-refractivity contribution in [2.45, 2.75) is 67.2 Å². The molecule has 0 aromatic carbocycles. The second kappa shape index (κ2) is 24.4. The minimum Gasteiger partial charge on any atom is -0.346 e. The Bertz CT molecular complexity index is 973. The maximum Gasteiger partial charge on any atom is 0.166 e. The number of allylic oxidation sites excluding steroid dienone is 1. The second-order valence-corrected chi connectivity index (χ2v) is 6.61. The van der Waals surface area contributed by atoms with Crippen LogP contribution in [-0.2, 0) is 4.84 Å². The molecule has 1 aliphatic heterocycles. The Labute approximate surface area is 218 Å². The van der Waals surface area contributed by atoms with Crippen LogP contribution in [0.25, 0.3) is 22.3 Å². The van der Waals surface area contributed by atoms with E-state index in [1.54, 1.807) is 18.6 Å². The summed E-state index contributed by atoms with van der Waals surface area (Å²) in [4.78, 5) is 19.8. The van der Waals surface area contributed by atoms with Gasteiger partial charge in [-0.15, -0.1) is 13.2 Å². The average Bonchev–Trinajstić information content (AvgIpc) is 3.71. The molecule has 1 aliphatic carbocycles. The summed E-state index contributed by atoms with van der Waals surface area (Å²) < 4.78 is 0. The summed E-state index contributed by atoms with van der Waals surface area (Å²) in [5, 5.41) is 15.2. The minimum absolute atomic E-state index is 0. The lowest BCUT2D eigenvalue weighted by molar-refractivity contribution is 0.114. The smallest absolute Gasteiger partial charge is 0.166 e. The molecule has 200 valence electrons. The molecule has 2 aliphatic rings. The maximum absolute atomic E-state index is 7.51. The fourth-order valence-corrected chi connectivity index (χ4v) is 2.68. The third kappa shape index (κ3) is 13.8. The van der Waals surface area contributed by atoms with Crippen molar-refractivity contribution < 1.29 is 6.26 Å². The normalized spacial score (nSPS) is 12.3. The first-order chi connectivity index (χ1) is 17.7. The summed E-state index contributed by atoms with van der Waals surface area (Å²) in [5.41, 5.74) is 5.28. The molecule has 3 N–H and O–H groups in total. The SMILES string of the molecule is C=C.C=CC#N.CC.CC.CC1=NCON1.CCC1CCC1.[HH].c1nc(-c2cn[nH]c2)c2cc[nH]c2n1. The van der Waals surface area contributed by atoms with Gasteiger partial charge in [0.25, 0.3) is 0 Å². The number of aromatic amines is 2. The summed E-state index contributed by atoms with van der Waals surface area (Å²) in [6.45, 7) is 21.7. The number of aromatic nitrogens is 5. The molecule has 0 amide bonds. The molecule has 0 radical (unpaired) electrons. The summed E-state index contributed by atoms with van der Waals surface area (Å²) in [6.07, 6.45) is 14.1. The molecule has 0 saturated heterocycles. The van der Waals surface area contributed by atoms with Crippen LogP contribution in [0.3, 0.4) is 0 Å². The van der Waals surface area contributed by atoms with E-state index in [4.69, 9.17) is 5.26 Å². The van der Waals surface area contributed by atoms with Crippen LogP contribution in [-0.4, -0.2) is 37.7 Å². The first-order valence-corrected chi connectivity index (χ1v) is 12.4. The van der Waals surface area contributed by atoms with Crippen molar-refractivity contribution in [3.05, 3.63) is 56.8 Å². The van der Waals surface area contributed by atoms with E-state index in [2.05, 4.69) is 67.1 Å². The van der Waals surface area contributed by atoms with E-state index in [9.17, 15) is 0 Å². The highest BCUT2D eigenvalue weighted by molar-refractivity contribution is 5.89. The van der Waals surface area contributed by atoms with Gasteiger partial charge in [0.1, 0.15) is 17.8 Å². The van der Waals surface area contributed by atoms with Crippen molar-refractivity contribution in [2.75, 3.05) is 6.73 Å². The van der Waals surface area contributed by atoms with Crippen LogP contribution in [0.4, 0.5) is 0 Å². The molecule has 0 spiro atoms. The molecular formula is C27H46N8O. The van der Waals surface area contributed by atoms with E-state index in [1.165, 1.54) is 31.8 Å². The second-order valence-electron chi connectivity index (χ2n) is 6.61. The summed E-state index contributed by atoms with van der Waals surface area (Å²) >= 11 is 0. The van der Waals surface area contributed by atoms with Crippen LogP contribution in [0.15, 0.2) is 61.8 Å². The molecule has 0 bridgehead atoms. The number of rotatable bonds is 2. The first-order valence-electron chi connectivity index (χ1n) is 12.4. The number of amidine groups is 1. The molecule has 9 nitrogen and oxygen atoms in total. The zero-order valence-electron chi connectivity index (χ0n) is 22.8.